The van der Waals surface area contributed by atoms with Crippen molar-refractivity contribution < 1.29 is 4.92 Å². The Labute approximate surface area is 181 Å². The molecular weight excluding hydrogens is 388 g/mol. The van der Waals surface area contributed by atoms with Crippen LogP contribution in [0.15, 0.2) is 77.9 Å². The van der Waals surface area contributed by atoms with Crippen molar-refractivity contribution >= 4 is 11.4 Å². The van der Waals surface area contributed by atoms with Crippen molar-refractivity contribution in [1.82, 2.24) is 9.91 Å². The van der Waals surface area contributed by atoms with Gasteiger partial charge >= 0.3 is 0 Å². The number of hydrogen-bond acceptors (Lipinski definition) is 5. The van der Waals surface area contributed by atoms with E-state index in [9.17, 15) is 10.1 Å². The maximum absolute atomic E-state index is 10.9. The van der Waals surface area contributed by atoms with Crippen molar-refractivity contribution in [1.29, 1.82) is 0 Å². The first-order chi connectivity index (χ1) is 15.1. The average molecular weight is 412 g/mol. The molecule has 3 aromatic carbocycles. The van der Waals surface area contributed by atoms with Gasteiger partial charge < -0.3 is 0 Å². The van der Waals surface area contributed by atoms with Crippen LogP contribution in [0.25, 0.3) is 11.1 Å². The molecule has 0 radical (unpaired) electrons. The molecule has 1 saturated heterocycles. The minimum atomic E-state index is -0.380. The summed E-state index contributed by atoms with van der Waals surface area (Å²) in [4.78, 5) is 13.0. The molecule has 5 rings (SSSR count). The number of nitro groups is 1. The summed E-state index contributed by atoms with van der Waals surface area (Å²) in [5.74, 6) is 0. The average Bonchev–Trinajstić information content (AvgIpc) is 3.14. The summed E-state index contributed by atoms with van der Waals surface area (Å²) in [6.07, 6.45) is 0. The third-order valence-corrected chi connectivity index (χ3v) is 6.24. The Hall–Kier alpha value is -3.51. The van der Waals surface area contributed by atoms with E-state index in [2.05, 4.69) is 58.4 Å². The lowest BCUT2D eigenvalue weighted by atomic mass is 10.0. The van der Waals surface area contributed by atoms with Gasteiger partial charge in [0.15, 0.2) is 0 Å². The standard InChI is InChI=1S/C25H24N4O2/c1-18(19-10-12-20(13-11-19)29(30)31)26-28-16-14-27(15-17-28)25-23-8-4-2-6-21(23)22-7-3-5-9-24(22)25/h2-13,25H,14-17H2,1H3. The lowest BCUT2D eigenvalue weighted by Gasteiger charge is -2.37. The monoisotopic (exact) mass is 412 g/mol. The van der Waals surface area contributed by atoms with Gasteiger partial charge in [-0.2, -0.15) is 5.10 Å². The highest BCUT2D eigenvalue weighted by Crippen LogP contribution is 2.46. The van der Waals surface area contributed by atoms with Crippen LogP contribution < -0.4 is 0 Å². The van der Waals surface area contributed by atoms with E-state index in [1.807, 2.05) is 6.92 Å². The van der Waals surface area contributed by atoms with E-state index >= 15 is 0 Å². The quantitative estimate of drug-likeness (QED) is 0.354. The second kappa shape index (κ2) is 7.96. The molecule has 0 atom stereocenters. The largest absolute Gasteiger partial charge is 0.294 e. The van der Waals surface area contributed by atoms with E-state index in [0.717, 1.165) is 37.5 Å². The molecule has 0 bridgehead atoms. The van der Waals surface area contributed by atoms with E-state index in [1.165, 1.54) is 34.4 Å². The molecular formula is C25H24N4O2. The molecule has 0 saturated carbocycles. The van der Waals surface area contributed by atoms with E-state index in [4.69, 9.17) is 5.10 Å². The molecule has 1 heterocycles. The van der Waals surface area contributed by atoms with Gasteiger partial charge in [-0.25, -0.2) is 0 Å². The Kier molecular flexibility index (Phi) is 5.00. The topological polar surface area (TPSA) is 62.0 Å². The van der Waals surface area contributed by atoms with Gasteiger partial charge in [-0.3, -0.25) is 20.0 Å². The molecule has 1 fully saturated rings. The predicted octanol–water partition coefficient (Wildman–Crippen LogP) is 4.71. The Morgan fingerprint density at radius 1 is 0.871 bits per heavy atom. The minimum Gasteiger partial charge on any atom is -0.294 e. The maximum atomic E-state index is 10.9. The van der Waals surface area contributed by atoms with Crippen LogP contribution in [0.5, 0.6) is 0 Å². The summed E-state index contributed by atoms with van der Waals surface area (Å²) in [7, 11) is 0. The first-order valence-electron chi connectivity index (χ1n) is 10.6. The van der Waals surface area contributed by atoms with Crippen molar-refractivity contribution in [3.8, 4) is 11.1 Å². The van der Waals surface area contributed by atoms with Crippen LogP contribution in [0.2, 0.25) is 0 Å². The first kappa shape index (κ1) is 19.5. The molecule has 31 heavy (non-hydrogen) atoms. The van der Waals surface area contributed by atoms with Gasteiger partial charge in [0.05, 0.1) is 16.7 Å². The van der Waals surface area contributed by atoms with Crippen LogP contribution in [0.1, 0.15) is 29.7 Å². The highest BCUT2D eigenvalue weighted by molar-refractivity contribution is 5.98. The molecule has 6 heteroatoms. The smallest absolute Gasteiger partial charge is 0.269 e. The Balaban J connectivity index is 1.31. The van der Waals surface area contributed by atoms with Gasteiger partial charge in [0.2, 0.25) is 0 Å². The van der Waals surface area contributed by atoms with Crippen LogP contribution in [0.3, 0.4) is 0 Å². The molecule has 156 valence electrons. The summed E-state index contributed by atoms with van der Waals surface area (Å²) in [5.41, 5.74) is 7.36. The van der Waals surface area contributed by atoms with Gasteiger partial charge in [-0.15, -0.1) is 0 Å². The highest BCUT2D eigenvalue weighted by Gasteiger charge is 2.34. The summed E-state index contributed by atoms with van der Waals surface area (Å²) >= 11 is 0. The lowest BCUT2D eigenvalue weighted by Crippen LogP contribution is -2.45. The highest BCUT2D eigenvalue weighted by atomic mass is 16.6. The number of rotatable bonds is 4. The van der Waals surface area contributed by atoms with Gasteiger partial charge in [0.25, 0.3) is 5.69 Å². The number of non-ortho nitro benzene ring substituents is 1. The summed E-state index contributed by atoms with van der Waals surface area (Å²) < 4.78 is 0. The van der Waals surface area contributed by atoms with Crippen LogP contribution in [0, 0.1) is 10.1 Å². The van der Waals surface area contributed by atoms with E-state index < -0.39 is 0 Å². The molecule has 0 aromatic heterocycles. The molecule has 1 aliphatic heterocycles. The number of fused-ring (bicyclic) bond motifs is 3. The molecule has 0 amide bonds. The van der Waals surface area contributed by atoms with Crippen molar-refractivity contribution in [3.63, 3.8) is 0 Å². The van der Waals surface area contributed by atoms with E-state index in [-0.39, 0.29) is 10.6 Å². The third kappa shape index (κ3) is 3.59. The number of benzene rings is 3. The molecule has 0 N–H and O–H groups in total. The molecule has 0 unspecified atom stereocenters. The van der Waals surface area contributed by atoms with E-state index in [0.29, 0.717) is 6.04 Å². The Morgan fingerprint density at radius 3 is 1.97 bits per heavy atom. The van der Waals surface area contributed by atoms with Crippen LogP contribution in [-0.4, -0.2) is 46.7 Å². The molecule has 6 nitrogen and oxygen atoms in total. The third-order valence-electron chi connectivity index (χ3n) is 6.24. The zero-order valence-electron chi connectivity index (χ0n) is 17.4. The fourth-order valence-electron chi connectivity index (χ4n) is 4.69. The Bertz CT molecular complexity index is 1100. The number of piperazine rings is 1. The maximum Gasteiger partial charge on any atom is 0.269 e. The lowest BCUT2D eigenvalue weighted by molar-refractivity contribution is -0.384. The zero-order valence-corrected chi connectivity index (χ0v) is 17.4. The molecule has 0 spiro atoms. The summed E-state index contributed by atoms with van der Waals surface area (Å²) in [6.45, 7) is 5.53. The number of hydrogen-bond donors (Lipinski definition) is 0. The SMILES string of the molecule is CC(=NN1CCN(C2c3ccccc3-c3ccccc32)CC1)c1ccc([N+](=O)[O-])cc1. The number of nitrogens with zero attached hydrogens (tertiary/aromatic N) is 4. The van der Waals surface area contributed by atoms with E-state index in [1.54, 1.807) is 12.1 Å². The van der Waals surface area contributed by atoms with Crippen LogP contribution in [-0.2, 0) is 0 Å². The molecule has 2 aliphatic rings. The second-order valence-corrected chi connectivity index (χ2v) is 8.06. The van der Waals surface area contributed by atoms with Crippen LogP contribution in [0.4, 0.5) is 5.69 Å². The number of nitro benzene ring substituents is 1. The summed E-state index contributed by atoms with van der Waals surface area (Å²) in [6, 6.07) is 24.3. The van der Waals surface area contributed by atoms with Crippen molar-refractivity contribution in [2.75, 3.05) is 26.2 Å². The number of hydrazone groups is 1. The van der Waals surface area contributed by atoms with Crippen LogP contribution >= 0.6 is 0 Å². The van der Waals surface area contributed by atoms with Gasteiger partial charge in [0.1, 0.15) is 0 Å². The Morgan fingerprint density at radius 2 is 1.42 bits per heavy atom. The molecule has 3 aromatic rings. The fourth-order valence-corrected chi connectivity index (χ4v) is 4.69. The van der Waals surface area contributed by atoms with Gasteiger partial charge in [-0.05, 0) is 46.9 Å². The van der Waals surface area contributed by atoms with Gasteiger partial charge in [-0.1, -0.05) is 48.5 Å². The van der Waals surface area contributed by atoms with Crippen molar-refractivity contribution in [2.24, 2.45) is 5.10 Å². The molecule has 1 aliphatic carbocycles. The normalized spacial score (nSPS) is 16.8. The van der Waals surface area contributed by atoms with Crippen molar-refractivity contribution in [2.45, 2.75) is 13.0 Å². The first-order valence-corrected chi connectivity index (χ1v) is 10.6. The minimum absolute atomic E-state index is 0.0993. The van der Waals surface area contributed by atoms with Crippen molar-refractivity contribution in [3.05, 3.63) is 99.6 Å². The fraction of sp³-hybridized carbons (Fsp3) is 0.240. The van der Waals surface area contributed by atoms with Gasteiger partial charge in [0, 0.05) is 38.3 Å². The zero-order chi connectivity index (χ0) is 21.4. The predicted molar refractivity (Wildman–Crippen MR) is 122 cm³/mol. The second-order valence-electron chi connectivity index (χ2n) is 8.06. The summed E-state index contributed by atoms with van der Waals surface area (Å²) in [5, 5.41) is 17.8.